The van der Waals surface area contributed by atoms with Gasteiger partial charge in [0, 0.05) is 15.2 Å². The molecule has 0 amide bonds. The van der Waals surface area contributed by atoms with Gasteiger partial charge in [0.2, 0.25) is 0 Å². The zero-order valence-corrected chi connectivity index (χ0v) is 14.2. The van der Waals surface area contributed by atoms with E-state index in [4.69, 9.17) is 17.8 Å². The van der Waals surface area contributed by atoms with E-state index in [1.807, 2.05) is 36.4 Å². The topological polar surface area (TPSA) is 25.8 Å². The van der Waals surface area contributed by atoms with E-state index in [1.165, 1.54) is 0 Å². The molecular weight excluding hydrogens is 359 g/mol. The molecule has 1 aromatic heterocycles. The van der Waals surface area contributed by atoms with Crippen LogP contribution in [0.4, 0.5) is 0 Å². The summed E-state index contributed by atoms with van der Waals surface area (Å²) in [6, 6.07) is 20.2. The summed E-state index contributed by atoms with van der Waals surface area (Å²) >= 11 is 3.58. The molecule has 2 nitrogen and oxygen atoms in total. The Morgan fingerprint density at radius 2 is 1.25 bits per heavy atom. The highest BCUT2D eigenvalue weighted by molar-refractivity contribution is 9.10. The normalized spacial score (nSPS) is 11.7. The van der Waals surface area contributed by atoms with Gasteiger partial charge in [0.15, 0.2) is 0 Å². The maximum Gasteiger partial charge on any atom is 0.113 e. The molecule has 24 heavy (non-hydrogen) atoms. The predicted molar refractivity (Wildman–Crippen MR) is 105 cm³/mol. The molecule has 0 bridgehead atoms. The number of aromatic nitrogens is 2. The monoisotopic (exact) mass is 368 g/mol. The number of halogens is 1. The smallest absolute Gasteiger partial charge is 0.113 e. The zero-order valence-electron chi connectivity index (χ0n) is 12.6. The molecule has 4 aromatic carbocycles. The van der Waals surface area contributed by atoms with Crippen LogP contribution in [-0.4, -0.2) is 17.8 Å². The third kappa shape index (κ3) is 1.96. The quantitative estimate of drug-likeness (QED) is 0.226. The van der Waals surface area contributed by atoms with Gasteiger partial charge in [-0.3, -0.25) is 0 Å². The Balaban J connectivity index is 2.15. The van der Waals surface area contributed by atoms with Crippen molar-refractivity contribution < 1.29 is 0 Å². The first-order valence-electron chi connectivity index (χ1n) is 7.68. The Morgan fingerprint density at radius 3 is 1.92 bits per heavy atom. The van der Waals surface area contributed by atoms with E-state index < -0.39 is 0 Å². The summed E-state index contributed by atoms with van der Waals surface area (Å²) in [7, 11) is 6.04. The minimum absolute atomic E-state index is 0.732. The lowest BCUT2D eigenvalue weighted by Crippen LogP contribution is -2.01. The van der Waals surface area contributed by atoms with Gasteiger partial charge in [-0.05, 0) is 35.0 Å². The molecule has 0 saturated carbocycles. The second-order valence-corrected chi connectivity index (χ2v) is 6.82. The van der Waals surface area contributed by atoms with Crippen molar-refractivity contribution in [1.82, 2.24) is 9.97 Å². The second kappa shape index (κ2) is 5.02. The highest BCUT2D eigenvalue weighted by Gasteiger charge is 2.12. The lowest BCUT2D eigenvalue weighted by molar-refractivity contribution is 1.42. The third-order valence-corrected chi connectivity index (χ3v) is 4.89. The van der Waals surface area contributed by atoms with Gasteiger partial charge < -0.3 is 0 Å². The van der Waals surface area contributed by atoms with E-state index >= 15 is 0 Å². The van der Waals surface area contributed by atoms with Gasteiger partial charge in [0.1, 0.15) is 7.85 Å². The van der Waals surface area contributed by atoms with Crippen LogP contribution < -0.4 is 5.46 Å². The third-order valence-electron chi connectivity index (χ3n) is 4.40. The Labute approximate surface area is 148 Å². The number of nitrogens with zero attached hydrogens (tertiary/aromatic N) is 2. The van der Waals surface area contributed by atoms with E-state index in [1.54, 1.807) is 0 Å². The Hall–Kier alpha value is -2.46. The summed E-state index contributed by atoms with van der Waals surface area (Å²) in [5, 5.41) is 4.43. The van der Waals surface area contributed by atoms with Gasteiger partial charge >= 0.3 is 0 Å². The fraction of sp³-hybridized carbons (Fsp3) is 0. The highest BCUT2D eigenvalue weighted by Crippen LogP contribution is 2.34. The Bertz CT molecular complexity index is 1180. The maximum absolute atomic E-state index is 6.04. The number of hydrogen-bond donors (Lipinski definition) is 0. The average molecular weight is 369 g/mol. The maximum atomic E-state index is 6.04. The number of rotatable bonds is 0. The molecular formula is C20H10BBrN2. The first-order valence-corrected chi connectivity index (χ1v) is 8.47. The van der Waals surface area contributed by atoms with Crippen molar-refractivity contribution in [2.75, 3.05) is 0 Å². The SMILES string of the molecule is [B]c1ccc2c3ccc(Br)cc3c3nc4ccccc4nc3c2c1. The molecule has 0 N–H and O–H groups in total. The van der Waals surface area contributed by atoms with Crippen LogP contribution in [0.25, 0.3) is 43.6 Å². The van der Waals surface area contributed by atoms with Crippen molar-refractivity contribution in [3.63, 3.8) is 0 Å². The zero-order chi connectivity index (χ0) is 16.3. The van der Waals surface area contributed by atoms with Crippen LogP contribution in [-0.2, 0) is 0 Å². The average Bonchev–Trinajstić information content (AvgIpc) is 2.60. The predicted octanol–water partition coefficient (Wildman–Crippen LogP) is 4.65. The molecule has 0 aliphatic heterocycles. The summed E-state index contributed by atoms with van der Waals surface area (Å²) in [4.78, 5) is 9.80. The van der Waals surface area contributed by atoms with Crippen molar-refractivity contribution in [3.8, 4) is 0 Å². The van der Waals surface area contributed by atoms with Gasteiger partial charge in [-0.25, -0.2) is 9.97 Å². The van der Waals surface area contributed by atoms with Crippen molar-refractivity contribution >= 4 is 72.9 Å². The van der Waals surface area contributed by atoms with Crippen LogP contribution in [0.3, 0.4) is 0 Å². The molecule has 0 aliphatic carbocycles. The van der Waals surface area contributed by atoms with Crippen molar-refractivity contribution in [3.05, 3.63) is 65.1 Å². The molecule has 5 aromatic rings. The minimum atomic E-state index is 0.732. The van der Waals surface area contributed by atoms with Crippen LogP contribution in [0, 0.1) is 0 Å². The van der Waals surface area contributed by atoms with Crippen molar-refractivity contribution in [1.29, 1.82) is 0 Å². The standard InChI is InChI=1S/C20H10BBrN2/c21-11-5-7-13-14-8-6-12(22)10-16(14)20-19(15(13)9-11)23-17-3-1-2-4-18(17)24-20/h1-10H. The number of benzene rings is 4. The number of fused-ring (bicyclic) bond motifs is 7. The van der Waals surface area contributed by atoms with Crippen LogP contribution in [0.5, 0.6) is 0 Å². The Morgan fingerprint density at radius 1 is 0.667 bits per heavy atom. The molecule has 0 fully saturated rings. The van der Waals surface area contributed by atoms with E-state index in [0.717, 1.165) is 53.5 Å². The largest absolute Gasteiger partial charge is 0.244 e. The van der Waals surface area contributed by atoms with Gasteiger partial charge in [-0.15, -0.1) is 0 Å². The molecule has 2 radical (unpaired) electrons. The van der Waals surface area contributed by atoms with Crippen LogP contribution in [0.2, 0.25) is 0 Å². The summed E-state index contributed by atoms with van der Waals surface area (Å²) < 4.78 is 1.03. The second-order valence-electron chi connectivity index (χ2n) is 5.90. The fourth-order valence-electron chi connectivity index (χ4n) is 3.32. The van der Waals surface area contributed by atoms with Gasteiger partial charge in [-0.2, -0.15) is 0 Å². The van der Waals surface area contributed by atoms with Gasteiger partial charge in [0.25, 0.3) is 0 Å². The molecule has 5 rings (SSSR count). The van der Waals surface area contributed by atoms with E-state index in [9.17, 15) is 0 Å². The summed E-state index contributed by atoms with van der Waals surface area (Å²) in [5.41, 5.74) is 4.32. The first kappa shape index (κ1) is 13.9. The van der Waals surface area contributed by atoms with Gasteiger partial charge in [0.05, 0.1) is 22.1 Å². The van der Waals surface area contributed by atoms with E-state index in [-0.39, 0.29) is 0 Å². The van der Waals surface area contributed by atoms with Crippen LogP contribution >= 0.6 is 15.9 Å². The molecule has 0 aliphatic rings. The van der Waals surface area contributed by atoms with Crippen molar-refractivity contribution in [2.45, 2.75) is 0 Å². The summed E-state index contributed by atoms with van der Waals surface area (Å²) in [6.07, 6.45) is 0. The van der Waals surface area contributed by atoms with Gasteiger partial charge in [-0.1, -0.05) is 57.8 Å². The number of para-hydroxylation sites is 2. The lowest BCUT2D eigenvalue weighted by Gasteiger charge is -2.11. The van der Waals surface area contributed by atoms with E-state index in [0.29, 0.717) is 0 Å². The summed E-state index contributed by atoms with van der Waals surface area (Å²) in [5.74, 6) is 0. The van der Waals surface area contributed by atoms with Crippen molar-refractivity contribution in [2.24, 2.45) is 0 Å². The summed E-state index contributed by atoms with van der Waals surface area (Å²) in [6.45, 7) is 0. The highest BCUT2D eigenvalue weighted by atomic mass is 79.9. The lowest BCUT2D eigenvalue weighted by atomic mass is 9.91. The van der Waals surface area contributed by atoms with Crippen LogP contribution in [0.15, 0.2) is 65.1 Å². The first-order chi connectivity index (χ1) is 11.7. The molecule has 1 heterocycles. The molecule has 0 unspecified atom stereocenters. The Kier molecular flexibility index (Phi) is 2.91. The fourth-order valence-corrected chi connectivity index (χ4v) is 3.68. The molecule has 0 spiro atoms. The van der Waals surface area contributed by atoms with E-state index in [2.05, 4.69) is 40.2 Å². The van der Waals surface area contributed by atoms with Crippen LogP contribution in [0.1, 0.15) is 0 Å². The molecule has 4 heteroatoms. The molecule has 110 valence electrons. The minimum Gasteiger partial charge on any atom is -0.244 e. The molecule has 0 atom stereocenters. The number of hydrogen-bond acceptors (Lipinski definition) is 2. The molecule has 0 saturated heterocycles.